The summed E-state index contributed by atoms with van der Waals surface area (Å²) >= 11 is 0. The third kappa shape index (κ3) is 3.93. The molecular formula is C33H32N6O3. The first-order chi connectivity index (χ1) is 20.4. The summed E-state index contributed by atoms with van der Waals surface area (Å²) in [5, 5.41) is 6.53. The van der Waals surface area contributed by atoms with Crippen LogP contribution < -0.4 is 10.6 Å². The molecule has 212 valence electrons. The Morgan fingerprint density at radius 1 is 1.02 bits per heavy atom. The van der Waals surface area contributed by atoms with Crippen LogP contribution in [0.1, 0.15) is 55.6 Å². The number of fused-ring (bicyclic) bond motifs is 4. The van der Waals surface area contributed by atoms with Crippen LogP contribution in [0.5, 0.6) is 0 Å². The molecule has 2 aromatic heterocycles. The van der Waals surface area contributed by atoms with Gasteiger partial charge in [0.1, 0.15) is 12.2 Å². The van der Waals surface area contributed by atoms with Crippen LogP contribution in [0.15, 0.2) is 67.0 Å². The van der Waals surface area contributed by atoms with Crippen LogP contribution in [0, 0.1) is 23.2 Å². The largest absolute Gasteiger partial charge is 0.365 e. The molecule has 3 heterocycles. The van der Waals surface area contributed by atoms with Gasteiger partial charge in [-0.3, -0.25) is 4.79 Å². The van der Waals surface area contributed by atoms with E-state index in [1.807, 2.05) is 56.6 Å². The molecule has 2 unspecified atom stereocenters. The van der Waals surface area contributed by atoms with Gasteiger partial charge in [-0.2, -0.15) is 0 Å². The van der Waals surface area contributed by atoms with Gasteiger partial charge < -0.3 is 24.7 Å². The topological polar surface area (TPSA) is 103 Å². The number of hydrogen-bond donors (Lipinski definition) is 2. The Hall–Kier alpha value is -4.26. The normalized spacial score (nSPS) is 31.5. The first kappa shape index (κ1) is 25.5. The predicted molar refractivity (Wildman–Crippen MR) is 156 cm³/mol. The molecule has 0 bridgehead atoms. The van der Waals surface area contributed by atoms with E-state index in [-0.39, 0.29) is 36.1 Å². The standard InChI is InChI=1S/C33H32N6O3/c1-32(2)41-27-26(22-17-33(22,28(27)42-32)31(40)34-3)39-18-35-25-29(36-23-16-21(23)20-12-8-5-9-13-20)37-24(38-30(25)39)15-14-19-10-6-4-7-11-19/h4-13,18,21-23,26-28H,16-17H2,1-3H3,(H,34,40)(H,36,37,38)/t21?,22-,23?,26-,27-,28-,33+/m1/s1. The minimum atomic E-state index is -0.787. The minimum Gasteiger partial charge on any atom is -0.365 e. The van der Waals surface area contributed by atoms with Crippen molar-refractivity contribution in [2.45, 2.75) is 62.7 Å². The third-order valence-electron chi connectivity index (χ3n) is 9.27. The molecule has 2 aromatic carbocycles. The van der Waals surface area contributed by atoms with Crippen molar-refractivity contribution < 1.29 is 14.3 Å². The van der Waals surface area contributed by atoms with Crippen LogP contribution in [0.25, 0.3) is 11.2 Å². The monoisotopic (exact) mass is 560 g/mol. The predicted octanol–water partition coefficient (Wildman–Crippen LogP) is 4.02. The molecule has 3 aliphatic carbocycles. The number of carbonyl (C=O) groups excluding carboxylic acids is 1. The SMILES string of the molecule is CNC(=O)[C@@]12C[C@@H]1[C@@H](n1cnc3c(NC4CC4c4ccccc4)nc(C#Cc4ccccc4)nc31)[C@H]1OC(C)(C)O[C@H]12. The molecule has 1 amide bonds. The van der Waals surface area contributed by atoms with Crippen molar-refractivity contribution in [2.24, 2.45) is 11.3 Å². The number of nitrogens with one attached hydrogen (secondary N) is 2. The lowest BCUT2D eigenvalue weighted by molar-refractivity contribution is -0.164. The third-order valence-corrected chi connectivity index (χ3v) is 9.27. The van der Waals surface area contributed by atoms with Crippen LogP contribution in [0.2, 0.25) is 0 Å². The lowest BCUT2D eigenvalue weighted by atomic mass is 9.98. The fraction of sp³-hybridized carbons (Fsp3) is 0.394. The maximum absolute atomic E-state index is 13.2. The highest BCUT2D eigenvalue weighted by Crippen LogP contribution is 2.71. The molecule has 7 atom stereocenters. The van der Waals surface area contributed by atoms with E-state index in [0.29, 0.717) is 28.7 Å². The van der Waals surface area contributed by atoms with Crippen LogP contribution in [0.3, 0.4) is 0 Å². The highest BCUT2D eigenvalue weighted by molar-refractivity contribution is 5.88. The molecule has 4 fully saturated rings. The van der Waals surface area contributed by atoms with Crippen molar-refractivity contribution in [1.82, 2.24) is 24.8 Å². The fourth-order valence-corrected chi connectivity index (χ4v) is 7.24. The van der Waals surface area contributed by atoms with Crippen molar-refractivity contribution in [2.75, 3.05) is 12.4 Å². The van der Waals surface area contributed by atoms with E-state index < -0.39 is 11.2 Å². The molecule has 4 aromatic rings. The second-order valence-electron chi connectivity index (χ2n) is 12.3. The van der Waals surface area contributed by atoms with Gasteiger partial charge in [0.25, 0.3) is 0 Å². The molecule has 9 heteroatoms. The van der Waals surface area contributed by atoms with Crippen LogP contribution in [-0.2, 0) is 14.3 Å². The van der Waals surface area contributed by atoms with Crippen molar-refractivity contribution in [1.29, 1.82) is 0 Å². The van der Waals surface area contributed by atoms with Gasteiger partial charge in [-0.1, -0.05) is 54.5 Å². The first-order valence-electron chi connectivity index (χ1n) is 14.6. The Balaban J connectivity index is 1.20. The second-order valence-corrected chi connectivity index (χ2v) is 12.3. The molecular weight excluding hydrogens is 528 g/mol. The van der Waals surface area contributed by atoms with E-state index in [9.17, 15) is 4.79 Å². The number of hydrogen-bond acceptors (Lipinski definition) is 7. The van der Waals surface area contributed by atoms with Crippen LogP contribution in [0.4, 0.5) is 5.82 Å². The van der Waals surface area contributed by atoms with E-state index in [1.54, 1.807) is 7.05 Å². The van der Waals surface area contributed by atoms with Crippen LogP contribution in [-0.4, -0.2) is 56.5 Å². The number of amides is 1. The average molecular weight is 561 g/mol. The molecule has 8 rings (SSSR count). The molecule has 0 radical (unpaired) electrons. The van der Waals surface area contributed by atoms with Crippen molar-refractivity contribution in [3.8, 4) is 11.8 Å². The van der Waals surface area contributed by atoms with Gasteiger partial charge in [-0.05, 0) is 50.3 Å². The zero-order valence-electron chi connectivity index (χ0n) is 23.7. The van der Waals surface area contributed by atoms with Crippen molar-refractivity contribution in [3.63, 3.8) is 0 Å². The first-order valence-corrected chi connectivity index (χ1v) is 14.6. The summed E-state index contributed by atoms with van der Waals surface area (Å²) in [5.74, 6) is 7.15. The van der Waals surface area contributed by atoms with Crippen molar-refractivity contribution in [3.05, 3.63) is 83.9 Å². The van der Waals surface area contributed by atoms with Gasteiger partial charge in [0.2, 0.25) is 11.7 Å². The van der Waals surface area contributed by atoms with E-state index in [1.165, 1.54) is 5.56 Å². The fourth-order valence-electron chi connectivity index (χ4n) is 7.24. The van der Waals surface area contributed by atoms with Crippen LogP contribution >= 0.6 is 0 Å². The van der Waals surface area contributed by atoms with E-state index in [0.717, 1.165) is 18.4 Å². The zero-order chi connectivity index (χ0) is 28.6. The van der Waals surface area contributed by atoms with Gasteiger partial charge in [0.05, 0.1) is 17.8 Å². The Bertz CT molecular complexity index is 1760. The van der Waals surface area contributed by atoms with Gasteiger partial charge in [-0.25, -0.2) is 15.0 Å². The molecule has 3 saturated carbocycles. The van der Waals surface area contributed by atoms with Gasteiger partial charge in [0.15, 0.2) is 22.8 Å². The number of rotatable bonds is 5. The zero-order valence-corrected chi connectivity index (χ0v) is 23.7. The number of benzene rings is 2. The van der Waals surface area contributed by atoms with E-state index >= 15 is 0 Å². The highest BCUT2D eigenvalue weighted by Gasteiger charge is 2.79. The Kier molecular flexibility index (Phi) is 5.53. The molecule has 2 N–H and O–H groups in total. The smallest absolute Gasteiger partial charge is 0.229 e. The van der Waals surface area contributed by atoms with E-state index in [2.05, 4.69) is 51.3 Å². The van der Waals surface area contributed by atoms with Gasteiger partial charge in [0, 0.05) is 30.5 Å². The van der Waals surface area contributed by atoms with Gasteiger partial charge >= 0.3 is 0 Å². The molecule has 42 heavy (non-hydrogen) atoms. The molecule has 1 saturated heterocycles. The summed E-state index contributed by atoms with van der Waals surface area (Å²) in [6.45, 7) is 3.81. The summed E-state index contributed by atoms with van der Waals surface area (Å²) in [6.07, 6.45) is 2.93. The van der Waals surface area contributed by atoms with E-state index in [4.69, 9.17) is 24.4 Å². The molecule has 0 spiro atoms. The molecule has 4 aliphatic rings. The van der Waals surface area contributed by atoms with Gasteiger partial charge in [-0.15, -0.1) is 0 Å². The molecule has 1 aliphatic heterocycles. The lowest BCUT2D eigenvalue weighted by Crippen LogP contribution is -2.40. The maximum atomic E-state index is 13.2. The quantitative estimate of drug-likeness (QED) is 0.356. The number of carbonyl (C=O) groups is 1. The average Bonchev–Trinajstić information content (AvgIpc) is 3.83. The minimum absolute atomic E-state index is 0.00260. The summed E-state index contributed by atoms with van der Waals surface area (Å²) in [5.41, 5.74) is 2.95. The Morgan fingerprint density at radius 2 is 1.79 bits per heavy atom. The number of aromatic nitrogens is 4. The van der Waals surface area contributed by atoms with Crippen molar-refractivity contribution >= 4 is 22.9 Å². The number of anilines is 1. The Morgan fingerprint density at radius 3 is 2.55 bits per heavy atom. The lowest BCUT2D eigenvalue weighted by Gasteiger charge is -2.24. The summed E-state index contributed by atoms with van der Waals surface area (Å²) in [7, 11) is 1.69. The summed E-state index contributed by atoms with van der Waals surface area (Å²) in [4.78, 5) is 27.8. The summed E-state index contributed by atoms with van der Waals surface area (Å²) < 4.78 is 14.9. The molecule has 9 nitrogen and oxygen atoms in total. The number of nitrogens with zero attached hydrogens (tertiary/aromatic N) is 4. The number of imidazole rings is 1. The summed E-state index contributed by atoms with van der Waals surface area (Å²) in [6, 6.07) is 20.4. The highest BCUT2D eigenvalue weighted by atomic mass is 16.8. The maximum Gasteiger partial charge on any atom is 0.229 e. The number of ether oxygens (including phenoxy) is 2. The second kappa shape index (κ2) is 9.12. The Labute approximate surface area is 244 Å².